The molecule has 0 fully saturated rings. The van der Waals surface area contributed by atoms with Crippen LogP contribution in [0.4, 0.5) is 11.5 Å². The van der Waals surface area contributed by atoms with E-state index in [9.17, 15) is 4.79 Å². The molecule has 1 heterocycles. The first-order chi connectivity index (χ1) is 10.1. The number of nitrogens with one attached hydrogen (secondary N) is 1. The molecule has 2 rings (SSSR count). The first kappa shape index (κ1) is 15.0. The fraction of sp³-hybridized carbons (Fsp3) is 0.250. The summed E-state index contributed by atoms with van der Waals surface area (Å²) in [6.45, 7) is 0.121. The van der Waals surface area contributed by atoms with E-state index in [0.717, 1.165) is 17.1 Å². The largest absolute Gasteiger partial charge is 0.396 e. The van der Waals surface area contributed by atoms with E-state index < -0.39 is 0 Å². The molecule has 1 aromatic heterocycles. The number of aliphatic hydroxyl groups is 1. The number of amides is 1. The fourth-order valence-electron chi connectivity index (χ4n) is 1.87. The number of hydrogen-bond donors (Lipinski definition) is 2. The van der Waals surface area contributed by atoms with Crippen LogP contribution in [0.25, 0.3) is 0 Å². The van der Waals surface area contributed by atoms with E-state index in [1.54, 1.807) is 18.3 Å². The summed E-state index contributed by atoms with van der Waals surface area (Å²) in [7, 11) is 3.80. The number of aromatic nitrogens is 1. The maximum absolute atomic E-state index is 12.1. The fourth-order valence-corrected chi connectivity index (χ4v) is 1.87. The van der Waals surface area contributed by atoms with Gasteiger partial charge in [-0.25, -0.2) is 4.98 Å². The van der Waals surface area contributed by atoms with Crippen LogP contribution in [0, 0.1) is 0 Å². The number of nitrogens with zero attached hydrogens (tertiary/aromatic N) is 2. The Morgan fingerprint density at radius 1 is 1.19 bits per heavy atom. The van der Waals surface area contributed by atoms with Gasteiger partial charge in [-0.15, -0.1) is 0 Å². The van der Waals surface area contributed by atoms with Gasteiger partial charge in [-0.05, 0) is 36.2 Å². The molecule has 0 radical (unpaired) electrons. The summed E-state index contributed by atoms with van der Waals surface area (Å²) in [5.41, 5.74) is 2.27. The number of aliphatic hydroxyl groups excluding tert-OH is 1. The van der Waals surface area contributed by atoms with E-state index in [4.69, 9.17) is 5.11 Å². The zero-order valence-corrected chi connectivity index (χ0v) is 12.2. The zero-order chi connectivity index (χ0) is 15.2. The molecule has 21 heavy (non-hydrogen) atoms. The van der Waals surface area contributed by atoms with Crippen molar-refractivity contribution >= 4 is 17.4 Å². The molecule has 0 aliphatic heterocycles. The predicted molar refractivity (Wildman–Crippen MR) is 83.7 cm³/mol. The second-order valence-electron chi connectivity index (χ2n) is 4.92. The summed E-state index contributed by atoms with van der Waals surface area (Å²) in [6, 6.07) is 11.0. The lowest BCUT2D eigenvalue weighted by molar-refractivity contribution is 0.102. The molecule has 2 aromatic rings. The molecule has 0 aliphatic rings. The highest BCUT2D eigenvalue weighted by Crippen LogP contribution is 2.13. The Labute approximate surface area is 124 Å². The Bertz CT molecular complexity index is 592. The van der Waals surface area contributed by atoms with Crippen molar-refractivity contribution in [3.05, 3.63) is 53.7 Å². The van der Waals surface area contributed by atoms with Crippen LogP contribution in [-0.2, 0) is 6.42 Å². The molecule has 0 saturated heterocycles. The van der Waals surface area contributed by atoms with Crippen LogP contribution in [0.15, 0.2) is 42.6 Å². The topological polar surface area (TPSA) is 65.5 Å². The number of pyridine rings is 1. The molecule has 1 aromatic carbocycles. The maximum atomic E-state index is 12.1. The van der Waals surface area contributed by atoms with Crippen molar-refractivity contribution in [1.82, 2.24) is 4.98 Å². The van der Waals surface area contributed by atoms with Crippen molar-refractivity contribution in [3.8, 4) is 0 Å². The number of benzene rings is 1. The molecular formula is C16H19N3O2. The van der Waals surface area contributed by atoms with Crippen molar-refractivity contribution in [2.45, 2.75) is 6.42 Å². The Kier molecular flexibility index (Phi) is 4.90. The highest BCUT2D eigenvalue weighted by molar-refractivity contribution is 6.04. The van der Waals surface area contributed by atoms with Gasteiger partial charge in [-0.3, -0.25) is 4.79 Å². The first-order valence-corrected chi connectivity index (χ1v) is 6.74. The first-order valence-electron chi connectivity index (χ1n) is 6.74. The molecule has 0 spiro atoms. The highest BCUT2D eigenvalue weighted by atomic mass is 16.2. The van der Waals surface area contributed by atoms with Crippen molar-refractivity contribution in [3.63, 3.8) is 0 Å². The quantitative estimate of drug-likeness (QED) is 0.881. The van der Waals surface area contributed by atoms with E-state index >= 15 is 0 Å². The number of carbonyl (C=O) groups excluding carboxylic acids is 1. The summed E-state index contributed by atoms with van der Waals surface area (Å²) in [4.78, 5) is 18.2. The van der Waals surface area contributed by atoms with E-state index in [-0.39, 0.29) is 12.5 Å². The average Bonchev–Trinajstić information content (AvgIpc) is 2.49. The molecule has 0 unspecified atom stereocenters. The monoisotopic (exact) mass is 285 g/mol. The van der Waals surface area contributed by atoms with Crippen LogP contribution < -0.4 is 10.2 Å². The summed E-state index contributed by atoms with van der Waals surface area (Å²) in [5.74, 6) is 0.614. The molecule has 0 bridgehead atoms. The number of carbonyl (C=O) groups is 1. The lowest BCUT2D eigenvalue weighted by atomic mass is 10.1. The van der Waals surface area contributed by atoms with Gasteiger partial charge in [-0.2, -0.15) is 0 Å². The number of hydrogen-bond acceptors (Lipinski definition) is 4. The molecule has 5 nitrogen and oxygen atoms in total. The van der Waals surface area contributed by atoms with Crippen molar-refractivity contribution in [2.24, 2.45) is 0 Å². The van der Waals surface area contributed by atoms with E-state index in [1.165, 1.54) is 0 Å². The van der Waals surface area contributed by atoms with E-state index in [2.05, 4.69) is 10.3 Å². The third-order valence-corrected chi connectivity index (χ3v) is 3.08. The molecule has 0 atom stereocenters. The van der Waals surface area contributed by atoms with Crippen LogP contribution in [0.1, 0.15) is 15.9 Å². The van der Waals surface area contributed by atoms with Crippen LogP contribution in [0.2, 0.25) is 0 Å². The Balaban J connectivity index is 2.03. The van der Waals surface area contributed by atoms with Gasteiger partial charge >= 0.3 is 0 Å². The minimum absolute atomic E-state index is 0.121. The average molecular weight is 285 g/mol. The van der Waals surface area contributed by atoms with Gasteiger partial charge < -0.3 is 15.3 Å². The van der Waals surface area contributed by atoms with E-state index in [1.807, 2.05) is 43.3 Å². The second-order valence-corrected chi connectivity index (χ2v) is 4.92. The third-order valence-electron chi connectivity index (χ3n) is 3.08. The lowest BCUT2D eigenvalue weighted by Gasteiger charge is -2.11. The van der Waals surface area contributed by atoms with Crippen molar-refractivity contribution < 1.29 is 9.90 Å². The Morgan fingerprint density at radius 3 is 2.43 bits per heavy atom. The van der Waals surface area contributed by atoms with Crippen LogP contribution in [0.3, 0.4) is 0 Å². The summed E-state index contributed by atoms with van der Waals surface area (Å²) in [6.07, 6.45) is 2.18. The van der Waals surface area contributed by atoms with Crippen LogP contribution >= 0.6 is 0 Å². The normalized spacial score (nSPS) is 10.2. The molecule has 5 heteroatoms. The minimum Gasteiger partial charge on any atom is -0.396 e. The van der Waals surface area contributed by atoms with Gasteiger partial charge in [-0.1, -0.05) is 12.1 Å². The van der Waals surface area contributed by atoms with Crippen molar-refractivity contribution in [2.75, 3.05) is 30.9 Å². The lowest BCUT2D eigenvalue weighted by Crippen LogP contribution is -2.14. The summed E-state index contributed by atoms with van der Waals surface area (Å²) >= 11 is 0. The van der Waals surface area contributed by atoms with Crippen molar-refractivity contribution in [1.29, 1.82) is 0 Å². The van der Waals surface area contributed by atoms with Gasteiger partial charge in [0.25, 0.3) is 5.91 Å². The molecule has 0 saturated carbocycles. The van der Waals surface area contributed by atoms with Gasteiger partial charge in [0, 0.05) is 32.6 Å². The number of anilines is 2. The summed E-state index contributed by atoms with van der Waals surface area (Å²) < 4.78 is 0. The van der Waals surface area contributed by atoms with Gasteiger partial charge in [0.15, 0.2) is 0 Å². The van der Waals surface area contributed by atoms with Gasteiger partial charge in [0.2, 0.25) is 0 Å². The standard InChI is InChI=1S/C16H19N3O2/c1-19(2)15-8-5-13(11-17-15)16(21)18-14-6-3-12(4-7-14)9-10-20/h3-8,11,20H,9-10H2,1-2H3,(H,18,21). The predicted octanol–water partition coefficient (Wildman–Crippen LogP) is 1.93. The zero-order valence-electron chi connectivity index (χ0n) is 12.2. The SMILES string of the molecule is CN(C)c1ccc(C(=O)Nc2ccc(CCO)cc2)cn1. The van der Waals surface area contributed by atoms with Crippen LogP contribution in [-0.4, -0.2) is 36.7 Å². The Hall–Kier alpha value is -2.40. The molecule has 2 N–H and O–H groups in total. The van der Waals surface area contributed by atoms with E-state index in [0.29, 0.717) is 12.0 Å². The molecular weight excluding hydrogens is 266 g/mol. The van der Waals surface area contributed by atoms with Gasteiger partial charge in [0.1, 0.15) is 5.82 Å². The molecule has 1 amide bonds. The minimum atomic E-state index is -0.192. The Morgan fingerprint density at radius 2 is 1.90 bits per heavy atom. The van der Waals surface area contributed by atoms with Crippen LogP contribution in [0.5, 0.6) is 0 Å². The molecule has 110 valence electrons. The summed E-state index contributed by atoms with van der Waals surface area (Å²) in [5, 5.41) is 11.7. The second kappa shape index (κ2) is 6.85. The number of rotatable bonds is 5. The highest BCUT2D eigenvalue weighted by Gasteiger charge is 2.07. The molecule has 0 aliphatic carbocycles. The van der Waals surface area contributed by atoms with Gasteiger partial charge in [0.05, 0.1) is 5.56 Å². The maximum Gasteiger partial charge on any atom is 0.257 e. The smallest absolute Gasteiger partial charge is 0.257 e. The third kappa shape index (κ3) is 4.03.